The van der Waals surface area contributed by atoms with Crippen LogP contribution in [0.4, 0.5) is 0 Å². The van der Waals surface area contributed by atoms with Gasteiger partial charge in [-0.15, -0.1) is 11.3 Å². The zero-order valence-electron chi connectivity index (χ0n) is 10.2. The van der Waals surface area contributed by atoms with E-state index in [2.05, 4.69) is 24.4 Å². The molecule has 2 N–H and O–H groups in total. The second-order valence-corrected chi connectivity index (χ2v) is 6.34. The second kappa shape index (κ2) is 5.33. The predicted octanol–water partition coefficient (Wildman–Crippen LogP) is 3.84. The molecule has 1 aliphatic rings. The van der Waals surface area contributed by atoms with Gasteiger partial charge < -0.3 is 5.73 Å². The molecule has 1 heterocycles. The van der Waals surface area contributed by atoms with Crippen LogP contribution in [-0.4, -0.2) is 6.54 Å². The van der Waals surface area contributed by atoms with Gasteiger partial charge in [-0.3, -0.25) is 0 Å². The molecule has 0 saturated heterocycles. The van der Waals surface area contributed by atoms with Crippen LogP contribution in [0.5, 0.6) is 0 Å². The molecule has 0 atom stereocenters. The van der Waals surface area contributed by atoms with E-state index in [-0.39, 0.29) is 0 Å². The van der Waals surface area contributed by atoms with E-state index in [0.29, 0.717) is 5.41 Å². The maximum absolute atomic E-state index is 6.05. The lowest BCUT2D eigenvalue weighted by molar-refractivity contribution is 0.154. The Balaban J connectivity index is 1.98. The van der Waals surface area contributed by atoms with E-state index < -0.39 is 0 Å². The summed E-state index contributed by atoms with van der Waals surface area (Å²) < 4.78 is 0. The molecule has 1 aliphatic carbocycles. The summed E-state index contributed by atoms with van der Waals surface area (Å²) in [7, 11) is 0. The summed E-state index contributed by atoms with van der Waals surface area (Å²) in [4.78, 5) is 1.51. The molecule has 0 amide bonds. The van der Waals surface area contributed by atoms with Crippen LogP contribution >= 0.6 is 11.3 Å². The number of hydrogen-bond donors (Lipinski definition) is 1. The van der Waals surface area contributed by atoms with Gasteiger partial charge in [-0.2, -0.15) is 0 Å². The van der Waals surface area contributed by atoms with Gasteiger partial charge >= 0.3 is 0 Å². The average Bonchev–Trinajstić information content (AvgIpc) is 2.83. The number of hydrogen-bond acceptors (Lipinski definition) is 2. The minimum atomic E-state index is 0.413. The zero-order chi connectivity index (χ0) is 11.4. The molecule has 90 valence electrons. The Bertz CT molecular complexity index is 297. The third-order valence-electron chi connectivity index (χ3n) is 4.31. The molecule has 16 heavy (non-hydrogen) atoms. The van der Waals surface area contributed by atoms with Gasteiger partial charge in [0.1, 0.15) is 0 Å². The van der Waals surface area contributed by atoms with Gasteiger partial charge in [0, 0.05) is 4.88 Å². The molecular weight excluding hydrogens is 214 g/mol. The average molecular weight is 237 g/mol. The molecule has 0 aliphatic heterocycles. The summed E-state index contributed by atoms with van der Waals surface area (Å²) in [6.45, 7) is 3.18. The molecule has 2 rings (SSSR count). The van der Waals surface area contributed by atoms with Crippen molar-refractivity contribution >= 4 is 11.3 Å². The molecule has 1 aromatic heterocycles. The molecule has 1 saturated carbocycles. The summed E-state index contributed by atoms with van der Waals surface area (Å²) in [6.07, 6.45) is 8.00. The molecule has 2 heteroatoms. The van der Waals surface area contributed by atoms with Crippen molar-refractivity contribution < 1.29 is 0 Å². The summed E-state index contributed by atoms with van der Waals surface area (Å²) in [6, 6.07) is 4.41. The Morgan fingerprint density at radius 2 is 2.19 bits per heavy atom. The molecule has 0 aromatic carbocycles. The first-order chi connectivity index (χ1) is 7.78. The van der Waals surface area contributed by atoms with Crippen molar-refractivity contribution in [2.75, 3.05) is 6.54 Å². The summed E-state index contributed by atoms with van der Waals surface area (Å²) in [5.41, 5.74) is 6.46. The van der Waals surface area contributed by atoms with Gasteiger partial charge in [0.15, 0.2) is 0 Å². The van der Waals surface area contributed by atoms with Gasteiger partial charge in [-0.25, -0.2) is 0 Å². The molecule has 0 radical (unpaired) electrons. The topological polar surface area (TPSA) is 26.0 Å². The zero-order valence-corrected chi connectivity index (χ0v) is 11.1. The summed E-state index contributed by atoms with van der Waals surface area (Å²) in [5, 5.41) is 2.18. The van der Waals surface area contributed by atoms with Crippen LogP contribution in [0.1, 0.15) is 43.9 Å². The van der Waals surface area contributed by atoms with E-state index in [0.717, 1.165) is 12.5 Å². The van der Waals surface area contributed by atoms with Crippen LogP contribution in [0.2, 0.25) is 0 Å². The van der Waals surface area contributed by atoms with Crippen molar-refractivity contribution in [3.8, 4) is 0 Å². The number of thiophene rings is 1. The van der Waals surface area contributed by atoms with Crippen LogP contribution in [0.3, 0.4) is 0 Å². The lowest BCUT2D eigenvalue weighted by Gasteiger charge is -2.39. The molecule has 1 nitrogen and oxygen atoms in total. The molecule has 1 fully saturated rings. The Labute approximate surface area is 103 Å². The van der Waals surface area contributed by atoms with E-state index >= 15 is 0 Å². The maximum atomic E-state index is 6.05. The molecule has 0 bridgehead atoms. The maximum Gasteiger partial charge on any atom is 0.00512 e. The Kier molecular flexibility index (Phi) is 4.04. The highest BCUT2D eigenvalue weighted by molar-refractivity contribution is 7.09. The van der Waals surface area contributed by atoms with Crippen LogP contribution < -0.4 is 5.73 Å². The highest BCUT2D eigenvalue weighted by Crippen LogP contribution is 2.42. The number of rotatable bonds is 4. The lowest BCUT2D eigenvalue weighted by Crippen LogP contribution is -2.36. The molecule has 0 unspecified atom stereocenters. The monoisotopic (exact) mass is 237 g/mol. The minimum absolute atomic E-state index is 0.413. The van der Waals surface area contributed by atoms with Crippen molar-refractivity contribution in [3.63, 3.8) is 0 Å². The smallest absolute Gasteiger partial charge is 0.00512 e. The van der Waals surface area contributed by atoms with Crippen LogP contribution in [-0.2, 0) is 6.42 Å². The van der Waals surface area contributed by atoms with E-state index in [1.165, 1.54) is 43.4 Å². The van der Waals surface area contributed by atoms with Gasteiger partial charge in [0.25, 0.3) is 0 Å². The van der Waals surface area contributed by atoms with Crippen molar-refractivity contribution in [2.24, 2.45) is 17.1 Å². The minimum Gasteiger partial charge on any atom is -0.330 e. The van der Waals surface area contributed by atoms with Crippen molar-refractivity contribution in [1.29, 1.82) is 0 Å². The Hall–Kier alpha value is -0.340. The highest BCUT2D eigenvalue weighted by atomic mass is 32.1. The molecule has 0 spiro atoms. The predicted molar refractivity (Wildman–Crippen MR) is 71.8 cm³/mol. The van der Waals surface area contributed by atoms with Crippen LogP contribution in [0, 0.1) is 11.3 Å². The van der Waals surface area contributed by atoms with Gasteiger partial charge in [0.2, 0.25) is 0 Å². The normalized spacial score (nSPS) is 30.5. The first-order valence-corrected chi connectivity index (χ1v) is 7.38. The first kappa shape index (κ1) is 12.1. The van der Waals surface area contributed by atoms with Gasteiger partial charge in [-0.05, 0) is 61.4 Å². The fraction of sp³-hybridized carbons (Fsp3) is 0.714. The van der Waals surface area contributed by atoms with E-state index in [4.69, 9.17) is 5.73 Å². The van der Waals surface area contributed by atoms with E-state index in [1.807, 2.05) is 11.3 Å². The Morgan fingerprint density at radius 1 is 1.44 bits per heavy atom. The third-order valence-corrected chi connectivity index (χ3v) is 5.18. The quantitative estimate of drug-likeness (QED) is 0.846. The molecular formula is C14H23NS. The number of nitrogens with two attached hydrogens (primary N) is 1. The lowest BCUT2D eigenvalue weighted by atomic mass is 9.68. The largest absolute Gasteiger partial charge is 0.330 e. The SMILES string of the molecule is CCC1CCC(CN)(Cc2cccs2)CC1. The van der Waals surface area contributed by atoms with Gasteiger partial charge in [-0.1, -0.05) is 19.4 Å². The highest BCUT2D eigenvalue weighted by Gasteiger charge is 2.33. The Morgan fingerprint density at radius 3 is 2.69 bits per heavy atom. The van der Waals surface area contributed by atoms with Crippen LogP contribution in [0.15, 0.2) is 17.5 Å². The third kappa shape index (κ3) is 2.67. The second-order valence-electron chi connectivity index (χ2n) is 5.31. The fourth-order valence-electron chi connectivity index (χ4n) is 2.93. The van der Waals surface area contributed by atoms with Crippen molar-refractivity contribution in [2.45, 2.75) is 45.4 Å². The first-order valence-electron chi connectivity index (χ1n) is 6.50. The van der Waals surface area contributed by atoms with E-state index in [9.17, 15) is 0 Å². The standard InChI is InChI=1S/C14H23NS/c1-2-12-5-7-14(11-15,8-6-12)10-13-4-3-9-16-13/h3-4,9,12H,2,5-8,10-11,15H2,1H3. The summed E-state index contributed by atoms with van der Waals surface area (Å²) in [5.74, 6) is 0.961. The van der Waals surface area contributed by atoms with Crippen molar-refractivity contribution in [3.05, 3.63) is 22.4 Å². The fourth-order valence-corrected chi connectivity index (χ4v) is 3.81. The summed E-state index contributed by atoms with van der Waals surface area (Å²) >= 11 is 1.88. The molecule has 1 aromatic rings. The van der Waals surface area contributed by atoms with Gasteiger partial charge in [0.05, 0.1) is 0 Å². The van der Waals surface area contributed by atoms with Crippen LogP contribution in [0.25, 0.3) is 0 Å². The van der Waals surface area contributed by atoms with Crippen molar-refractivity contribution in [1.82, 2.24) is 0 Å². The van der Waals surface area contributed by atoms with E-state index in [1.54, 1.807) is 0 Å².